The van der Waals surface area contributed by atoms with Gasteiger partial charge < -0.3 is 5.73 Å². The lowest BCUT2D eigenvalue weighted by molar-refractivity contribution is 0.601. The van der Waals surface area contributed by atoms with Crippen LogP contribution >= 0.6 is 11.3 Å². The van der Waals surface area contributed by atoms with E-state index in [0.29, 0.717) is 17.8 Å². The van der Waals surface area contributed by atoms with Crippen molar-refractivity contribution in [1.29, 1.82) is 0 Å². The van der Waals surface area contributed by atoms with Crippen LogP contribution in [0.2, 0.25) is 0 Å². The maximum atomic E-state index is 13.1. The molecule has 4 nitrogen and oxygen atoms in total. The van der Waals surface area contributed by atoms with Crippen molar-refractivity contribution in [2.75, 3.05) is 4.72 Å². The zero-order valence-corrected chi connectivity index (χ0v) is 11.8. The molecule has 0 fully saturated rings. The fourth-order valence-electron chi connectivity index (χ4n) is 1.53. The Kier molecular flexibility index (Phi) is 3.88. The van der Waals surface area contributed by atoms with Crippen molar-refractivity contribution in [3.8, 4) is 0 Å². The summed E-state index contributed by atoms with van der Waals surface area (Å²) in [7, 11) is -3.65. The highest BCUT2D eigenvalue weighted by Crippen LogP contribution is 2.22. The second kappa shape index (κ2) is 5.28. The summed E-state index contributed by atoms with van der Waals surface area (Å²) >= 11 is 1.29. The molecule has 1 aromatic carbocycles. The van der Waals surface area contributed by atoms with E-state index in [0.717, 1.165) is 4.88 Å². The monoisotopic (exact) mass is 300 g/mol. The molecule has 2 rings (SSSR count). The summed E-state index contributed by atoms with van der Waals surface area (Å²) < 4.78 is 39.7. The molecule has 0 atom stereocenters. The number of halogens is 1. The van der Waals surface area contributed by atoms with Crippen molar-refractivity contribution in [2.24, 2.45) is 5.73 Å². The summed E-state index contributed by atoms with van der Waals surface area (Å²) in [4.78, 5) is 0.954. The standard InChI is InChI=1S/C12H13FN2O2S2/c1-8-4-9(2-3-12(8)13)15-19(16,17)11-5-10(6-14)18-7-11/h2-5,7,15H,6,14H2,1H3. The first-order chi connectivity index (χ1) is 8.92. The van der Waals surface area contributed by atoms with Gasteiger partial charge in [0.1, 0.15) is 5.82 Å². The number of nitrogens with one attached hydrogen (secondary N) is 1. The van der Waals surface area contributed by atoms with Gasteiger partial charge in [0.2, 0.25) is 0 Å². The van der Waals surface area contributed by atoms with Crippen LogP contribution in [0.25, 0.3) is 0 Å². The smallest absolute Gasteiger partial charge is 0.262 e. The van der Waals surface area contributed by atoms with Crippen LogP contribution in [0.5, 0.6) is 0 Å². The molecule has 102 valence electrons. The minimum absolute atomic E-state index is 0.167. The molecule has 2 aromatic rings. The number of thiophene rings is 1. The Hall–Kier alpha value is -1.44. The highest BCUT2D eigenvalue weighted by Gasteiger charge is 2.16. The number of benzene rings is 1. The number of anilines is 1. The quantitative estimate of drug-likeness (QED) is 0.911. The number of sulfonamides is 1. The average molecular weight is 300 g/mol. The van der Waals surface area contributed by atoms with E-state index in [9.17, 15) is 12.8 Å². The van der Waals surface area contributed by atoms with E-state index in [1.54, 1.807) is 6.92 Å². The molecule has 0 saturated carbocycles. The third-order valence-corrected chi connectivity index (χ3v) is 5.02. The van der Waals surface area contributed by atoms with Crippen LogP contribution in [0.15, 0.2) is 34.5 Å². The number of rotatable bonds is 4. The van der Waals surface area contributed by atoms with Gasteiger partial charge in [0.05, 0.1) is 4.90 Å². The van der Waals surface area contributed by atoms with E-state index >= 15 is 0 Å². The Balaban J connectivity index is 2.28. The fourth-order valence-corrected chi connectivity index (χ4v) is 3.74. The average Bonchev–Trinajstić information content (AvgIpc) is 2.83. The van der Waals surface area contributed by atoms with Gasteiger partial charge in [-0.3, -0.25) is 4.72 Å². The van der Waals surface area contributed by atoms with E-state index in [1.165, 1.54) is 41.0 Å². The molecule has 1 aromatic heterocycles. The maximum Gasteiger partial charge on any atom is 0.262 e. The molecule has 0 aliphatic rings. The van der Waals surface area contributed by atoms with Gasteiger partial charge in [-0.2, -0.15) is 0 Å². The Labute approximate surface area is 115 Å². The van der Waals surface area contributed by atoms with Crippen molar-refractivity contribution in [2.45, 2.75) is 18.4 Å². The summed E-state index contributed by atoms with van der Waals surface area (Å²) in [5.41, 5.74) is 6.16. The van der Waals surface area contributed by atoms with Crippen molar-refractivity contribution < 1.29 is 12.8 Å². The fraction of sp³-hybridized carbons (Fsp3) is 0.167. The van der Waals surface area contributed by atoms with Gasteiger partial charge in [-0.05, 0) is 36.8 Å². The lowest BCUT2D eigenvalue weighted by Crippen LogP contribution is -2.12. The van der Waals surface area contributed by atoms with E-state index in [-0.39, 0.29) is 10.7 Å². The van der Waals surface area contributed by atoms with Gasteiger partial charge in [0.15, 0.2) is 0 Å². The van der Waals surface area contributed by atoms with Gasteiger partial charge >= 0.3 is 0 Å². The summed E-state index contributed by atoms with van der Waals surface area (Å²) in [6.45, 7) is 1.88. The minimum Gasteiger partial charge on any atom is -0.326 e. The molecule has 7 heteroatoms. The molecule has 19 heavy (non-hydrogen) atoms. The van der Waals surface area contributed by atoms with Crippen LogP contribution in [0.1, 0.15) is 10.4 Å². The van der Waals surface area contributed by atoms with E-state index in [2.05, 4.69) is 4.72 Å². The maximum absolute atomic E-state index is 13.1. The first-order valence-corrected chi connectivity index (χ1v) is 7.85. The summed E-state index contributed by atoms with van der Waals surface area (Å²) in [6.07, 6.45) is 0. The van der Waals surface area contributed by atoms with Crippen molar-refractivity contribution >= 4 is 27.0 Å². The van der Waals surface area contributed by atoms with Crippen LogP contribution in [0.4, 0.5) is 10.1 Å². The molecule has 0 saturated heterocycles. The molecule has 0 aliphatic carbocycles. The highest BCUT2D eigenvalue weighted by atomic mass is 32.2. The van der Waals surface area contributed by atoms with E-state index in [1.807, 2.05) is 0 Å². The first-order valence-electron chi connectivity index (χ1n) is 5.49. The number of aryl methyl sites for hydroxylation is 1. The largest absolute Gasteiger partial charge is 0.326 e. The zero-order valence-electron chi connectivity index (χ0n) is 10.2. The summed E-state index contributed by atoms with van der Waals surface area (Å²) in [5, 5.41) is 1.53. The number of nitrogens with two attached hydrogens (primary N) is 1. The zero-order chi connectivity index (χ0) is 14.0. The molecular weight excluding hydrogens is 287 g/mol. The van der Waals surface area contributed by atoms with Gasteiger partial charge in [-0.1, -0.05) is 0 Å². The van der Waals surface area contributed by atoms with E-state index < -0.39 is 10.0 Å². The predicted octanol–water partition coefficient (Wildman–Crippen LogP) is 2.46. The Morgan fingerprint density at radius 3 is 2.68 bits per heavy atom. The summed E-state index contributed by atoms with van der Waals surface area (Å²) in [5.74, 6) is -0.371. The number of hydrogen-bond donors (Lipinski definition) is 2. The van der Waals surface area contributed by atoms with Crippen LogP contribution < -0.4 is 10.5 Å². The molecule has 1 heterocycles. The molecule has 0 radical (unpaired) electrons. The molecule has 3 N–H and O–H groups in total. The second-order valence-electron chi connectivity index (χ2n) is 4.02. The molecule has 0 amide bonds. The SMILES string of the molecule is Cc1cc(NS(=O)(=O)c2csc(CN)c2)ccc1F. The van der Waals surface area contributed by atoms with Crippen molar-refractivity contribution in [3.63, 3.8) is 0 Å². The third kappa shape index (κ3) is 3.12. The lowest BCUT2D eigenvalue weighted by atomic mass is 10.2. The number of hydrogen-bond acceptors (Lipinski definition) is 4. The third-order valence-electron chi connectivity index (χ3n) is 2.55. The molecule has 0 aliphatic heterocycles. The van der Waals surface area contributed by atoms with Crippen LogP contribution in [0.3, 0.4) is 0 Å². The van der Waals surface area contributed by atoms with Gasteiger partial charge in [-0.25, -0.2) is 12.8 Å². The minimum atomic E-state index is -3.65. The first kappa shape index (κ1) is 14.0. The van der Waals surface area contributed by atoms with Gasteiger partial charge in [0.25, 0.3) is 10.0 Å². The van der Waals surface area contributed by atoms with Crippen LogP contribution in [-0.2, 0) is 16.6 Å². The van der Waals surface area contributed by atoms with Crippen molar-refractivity contribution in [3.05, 3.63) is 45.9 Å². The molecular formula is C12H13FN2O2S2. The topological polar surface area (TPSA) is 72.2 Å². The van der Waals surface area contributed by atoms with Gasteiger partial charge in [-0.15, -0.1) is 11.3 Å². The van der Waals surface area contributed by atoms with Gasteiger partial charge in [0, 0.05) is 22.5 Å². The summed E-state index contributed by atoms with van der Waals surface area (Å²) in [6, 6.07) is 5.59. The van der Waals surface area contributed by atoms with Crippen LogP contribution in [0, 0.1) is 12.7 Å². The van der Waals surface area contributed by atoms with Crippen molar-refractivity contribution in [1.82, 2.24) is 0 Å². The lowest BCUT2D eigenvalue weighted by Gasteiger charge is -2.07. The van der Waals surface area contributed by atoms with Crippen LogP contribution in [-0.4, -0.2) is 8.42 Å². The Morgan fingerprint density at radius 1 is 1.37 bits per heavy atom. The second-order valence-corrected chi connectivity index (χ2v) is 6.70. The Morgan fingerprint density at radius 2 is 2.11 bits per heavy atom. The van der Waals surface area contributed by atoms with E-state index in [4.69, 9.17) is 5.73 Å². The molecule has 0 unspecified atom stereocenters. The highest BCUT2D eigenvalue weighted by molar-refractivity contribution is 7.92. The molecule has 0 spiro atoms. The predicted molar refractivity (Wildman–Crippen MR) is 74.2 cm³/mol. The molecule has 0 bridgehead atoms. The normalized spacial score (nSPS) is 11.5. The Bertz CT molecular complexity index is 696.